The quantitative estimate of drug-likeness (QED) is 0.727. The molecule has 3 heteroatoms. The van der Waals surface area contributed by atoms with Crippen molar-refractivity contribution < 1.29 is 4.74 Å². The fourth-order valence-electron chi connectivity index (χ4n) is 2.83. The molecular weight excluding hydrogens is 176 g/mol. The zero-order chi connectivity index (χ0) is 9.80. The van der Waals surface area contributed by atoms with E-state index in [0.29, 0.717) is 0 Å². The summed E-state index contributed by atoms with van der Waals surface area (Å²) in [6.45, 7) is 4.35. The Labute approximate surface area is 86.8 Å². The molecule has 2 unspecified atom stereocenters. The average molecular weight is 198 g/mol. The molecule has 2 rings (SSSR count). The van der Waals surface area contributed by atoms with Crippen LogP contribution in [-0.2, 0) is 4.74 Å². The minimum absolute atomic E-state index is 0.759. The third-order valence-electron chi connectivity index (χ3n) is 3.59. The van der Waals surface area contributed by atoms with Gasteiger partial charge in [0.2, 0.25) is 0 Å². The van der Waals surface area contributed by atoms with E-state index in [2.05, 4.69) is 10.2 Å². The molecule has 0 radical (unpaired) electrons. The van der Waals surface area contributed by atoms with Gasteiger partial charge < -0.3 is 10.1 Å². The first-order chi connectivity index (χ1) is 6.92. The van der Waals surface area contributed by atoms with E-state index in [9.17, 15) is 0 Å². The highest BCUT2D eigenvalue weighted by molar-refractivity contribution is 4.91. The molecular formula is C11H22N2O. The van der Waals surface area contributed by atoms with Gasteiger partial charge in [0.15, 0.2) is 0 Å². The molecule has 2 aliphatic rings. The molecule has 0 spiro atoms. The lowest BCUT2D eigenvalue weighted by Gasteiger charge is -2.44. The van der Waals surface area contributed by atoms with Gasteiger partial charge in [-0.1, -0.05) is 12.8 Å². The Kier molecular flexibility index (Phi) is 3.79. The SMILES string of the molecule is COCCN1CCNC2CCCCC21. The molecule has 1 N–H and O–H groups in total. The second kappa shape index (κ2) is 5.10. The van der Waals surface area contributed by atoms with Crippen LogP contribution in [0.1, 0.15) is 25.7 Å². The maximum Gasteiger partial charge on any atom is 0.0589 e. The van der Waals surface area contributed by atoms with E-state index >= 15 is 0 Å². The van der Waals surface area contributed by atoms with Crippen molar-refractivity contribution in [3.8, 4) is 0 Å². The van der Waals surface area contributed by atoms with Gasteiger partial charge >= 0.3 is 0 Å². The van der Waals surface area contributed by atoms with Crippen LogP contribution in [0.4, 0.5) is 0 Å². The molecule has 3 nitrogen and oxygen atoms in total. The lowest BCUT2D eigenvalue weighted by Crippen LogP contribution is -2.59. The van der Waals surface area contributed by atoms with Crippen LogP contribution < -0.4 is 5.32 Å². The van der Waals surface area contributed by atoms with E-state index in [4.69, 9.17) is 4.74 Å². The van der Waals surface area contributed by atoms with Crippen molar-refractivity contribution in [2.24, 2.45) is 0 Å². The molecule has 0 aromatic rings. The Balaban J connectivity index is 1.88. The molecule has 1 aliphatic carbocycles. The van der Waals surface area contributed by atoms with Crippen LogP contribution in [0.15, 0.2) is 0 Å². The van der Waals surface area contributed by atoms with Gasteiger partial charge in [-0.05, 0) is 12.8 Å². The van der Waals surface area contributed by atoms with Gasteiger partial charge in [-0.15, -0.1) is 0 Å². The summed E-state index contributed by atoms with van der Waals surface area (Å²) in [5, 5.41) is 3.64. The fraction of sp³-hybridized carbons (Fsp3) is 1.00. The number of rotatable bonds is 3. The first-order valence-corrected chi connectivity index (χ1v) is 5.88. The standard InChI is InChI=1S/C11H22N2O/c1-14-9-8-13-7-6-12-10-4-2-3-5-11(10)13/h10-12H,2-9H2,1H3. The lowest BCUT2D eigenvalue weighted by atomic mass is 9.87. The van der Waals surface area contributed by atoms with Gasteiger partial charge in [0, 0.05) is 38.8 Å². The third-order valence-corrected chi connectivity index (χ3v) is 3.59. The smallest absolute Gasteiger partial charge is 0.0589 e. The molecule has 0 aromatic heterocycles. The number of hydrogen-bond donors (Lipinski definition) is 1. The number of nitrogens with one attached hydrogen (secondary N) is 1. The summed E-state index contributed by atoms with van der Waals surface area (Å²) >= 11 is 0. The van der Waals surface area contributed by atoms with E-state index in [1.165, 1.54) is 32.2 Å². The summed E-state index contributed by atoms with van der Waals surface area (Å²) in [7, 11) is 1.79. The molecule has 0 aromatic carbocycles. The fourth-order valence-corrected chi connectivity index (χ4v) is 2.83. The summed E-state index contributed by atoms with van der Waals surface area (Å²) < 4.78 is 5.16. The number of methoxy groups -OCH3 is 1. The molecule has 1 saturated heterocycles. The summed E-state index contributed by atoms with van der Waals surface area (Å²) in [5.41, 5.74) is 0. The van der Waals surface area contributed by atoms with Crippen LogP contribution in [0.25, 0.3) is 0 Å². The molecule has 2 atom stereocenters. The van der Waals surface area contributed by atoms with Gasteiger partial charge in [0.1, 0.15) is 0 Å². The van der Waals surface area contributed by atoms with E-state index in [-0.39, 0.29) is 0 Å². The van der Waals surface area contributed by atoms with Crippen LogP contribution >= 0.6 is 0 Å². The summed E-state index contributed by atoms with van der Waals surface area (Å²) in [5.74, 6) is 0. The second-order valence-corrected chi connectivity index (χ2v) is 4.44. The lowest BCUT2D eigenvalue weighted by molar-refractivity contribution is 0.0601. The van der Waals surface area contributed by atoms with Crippen molar-refractivity contribution in [2.45, 2.75) is 37.8 Å². The predicted octanol–water partition coefficient (Wildman–Crippen LogP) is 0.849. The molecule has 82 valence electrons. The van der Waals surface area contributed by atoms with Crippen molar-refractivity contribution >= 4 is 0 Å². The maximum atomic E-state index is 5.16. The van der Waals surface area contributed by atoms with Crippen LogP contribution in [0.2, 0.25) is 0 Å². The largest absolute Gasteiger partial charge is 0.383 e. The van der Waals surface area contributed by atoms with Gasteiger partial charge in [0.05, 0.1) is 6.61 Å². The van der Waals surface area contributed by atoms with Crippen molar-refractivity contribution in [1.82, 2.24) is 10.2 Å². The second-order valence-electron chi connectivity index (χ2n) is 4.44. The Morgan fingerprint density at radius 2 is 2.21 bits per heavy atom. The predicted molar refractivity (Wildman–Crippen MR) is 57.5 cm³/mol. The Bertz CT molecular complexity index is 173. The van der Waals surface area contributed by atoms with Crippen LogP contribution in [0.3, 0.4) is 0 Å². The molecule has 0 amide bonds. The number of nitrogens with zero attached hydrogens (tertiary/aromatic N) is 1. The van der Waals surface area contributed by atoms with E-state index in [1.807, 2.05) is 0 Å². The normalized spacial score (nSPS) is 34.1. The maximum absolute atomic E-state index is 5.16. The van der Waals surface area contributed by atoms with E-state index < -0.39 is 0 Å². The highest BCUT2D eigenvalue weighted by Crippen LogP contribution is 2.24. The zero-order valence-corrected chi connectivity index (χ0v) is 9.17. The van der Waals surface area contributed by atoms with Crippen molar-refractivity contribution in [1.29, 1.82) is 0 Å². The van der Waals surface area contributed by atoms with Crippen molar-refractivity contribution in [3.05, 3.63) is 0 Å². The monoisotopic (exact) mass is 198 g/mol. The minimum Gasteiger partial charge on any atom is -0.383 e. The Morgan fingerprint density at radius 3 is 3.07 bits per heavy atom. The summed E-state index contributed by atoms with van der Waals surface area (Å²) in [6.07, 6.45) is 5.56. The molecule has 1 heterocycles. The average Bonchev–Trinajstić information content (AvgIpc) is 2.26. The first kappa shape index (κ1) is 10.4. The third kappa shape index (κ3) is 2.27. The Morgan fingerprint density at radius 1 is 1.36 bits per heavy atom. The summed E-state index contributed by atoms with van der Waals surface area (Å²) in [4.78, 5) is 2.61. The minimum atomic E-state index is 0.759. The first-order valence-electron chi connectivity index (χ1n) is 5.88. The summed E-state index contributed by atoms with van der Waals surface area (Å²) in [6, 6.07) is 1.54. The van der Waals surface area contributed by atoms with Gasteiger partial charge in [-0.3, -0.25) is 4.90 Å². The highest BCUT2D eigenvalue weighted by Gasteiger charge is 2.32. The zero-order valence-electron chi connectivity index (χ0n) is 9.17. The molecule has 0 bridgehead atoms. The van der Waals surface area contributed by atoms with Gasteiger partial charge in [0.25, 0.3) is 0 Å². The van der Waals surface area contributed by atoms with Gasteiger partial charge in [-0.25, -0.2) is 0 Å². The number of piperazine rings is 1. The topological polar surface area (TPSA) is 24.5 Å². The Hall–Kier alpha value is -0.120. The van der Waals surface area contributed by atoms with Crippen molar-refractivity contribution in [2.75, 3.05) is 33.4 Å². The number of ether oxygens (including phenoxy) is 1. The number of fused-ring (bicyclic) bond motifs is 1. The molecule has 1 saturated carbocycles. The van der Waals surface area contributed by atoms with E-state index in [1.54, 1.807) is 7.11 Å². The highest BCUT2D eigenvalue weighted by atomic mass is 16.5. The number of hydrogen-bond acceptors (Lipinski definition) is 3. The van der Waals surface area contributed by atoms with Crippen LogP contribution in [0, 0.1) is 0 Å². The van der Waals surface area contributed by atoms with Gasteiger partial charge in [-0.2, -0.15) is 0 Å². The van der Waals surface area contributed by atoms with Crippen LogP contribution in [0.5, 0.6) is 0 Å². The molecule has 1 aliphatic heterocycles. The van der Waals surface area contributed by atoms with E-state index in [0.717, 1.165) is 31.8 Å². The molecule has 2 fully saturated rings. The molecule has 14 heavy (non-hydrogen) atoms. The van der Waals surface area contributed by atoms with Crippen molar-refractivity contribution in [3.63, 3.8) is 0 Å². The van der Waals surface area contributed by atoms with Crippen LogP contribution in [-0.4, -0.2) is 50.3 Å².